The second-order valence-corrected chi connectivity index (χ2v) is 7.36. The van der Waals surface area contributed by atoms with Crippen LogP contribution >= 0.6 is 11.6 Å². The van der Waals surface area contributed by atoms with E-state index in [2.05, 4.69) is 31.3 Å². The lowest BCUT2D eigenvalue weighted by Gasteiger charge is -2.43. The molecular weight excluding hydrogens is 284 g/mol. The second kappa shape index (κ2) is 6.67. The quantitative estimate of drug-likeness (QED) is 0.646. The fraction of sp³-hybridized carbons (Fsp3) is 0.812. The molecule has 21 heavy (non-hydrogen) atoms. The van der Waals surface area contributed by atoms with Crippen LogP contribution in [0.4, 0.5) is 0 Å². The number of aryl methyl sites for hydroxylation is 2. The number of halogens is 1. The van der Waals surface area contributed by atoms with Crippen molar-refractivity contribution >= 4 is 11.6 Å². The van der Waals surface area contributed by atoms with Gasteiger partial charge in [-0.25, -0.2) is 0 Å². The first-order chi connectivity index (χ1) is 9.90. The molecule has 0 amide bonds. The van der Waals surface area contributed by atoms with E-state index >= 15 is 0 Å². The van der Waals surface area contributed by atoms with Crippen LogP contribution in [0.2, 0.25) is 5.02 Å². The van der Waals surface area contributed by atoms with Crippen molar-refractivity contribution in [2.75, 3.05) is 0 Å². The molecule has 0 radical (unpaired) electrons. The zero-order chi connectivity index (χ0) is 15.6. The van der Waals surface area contributed by atoms with E-state index < -0.39 is 0 Å². The summed E-state index contributed by atoms with van der Waals surface area (Å²) in [5, 5.41) is 5.31. The van der Waals surface area contributed by atoms with Crippen LogP contribution in [-0.4, -0.2) is 15.8 Å². The predicted molar refractivity (Wildman–Crippen MR) is 88.2 cm³/mol. The van der Waals surface area contributed by atoms with Crippen molar-refractivity contribution in [2.45, 2.75) is 72.4 Å². The average Bonchev–Trinajstić information content (AvgIpc) is 2.72. The van der Waals surface area contributed by atoms with Crippen molar-refractivity contribution in [1.82, 2.24) is 15.2 Å². The SMILES string of the molecule is CCn1nc(C)c(Cl)c1CC(NN)C1CCCCC1(C)C. The van der Waals surface area contributed by atoms with Gasteiger partial charge in [-0.05, 0) is 38.0 Å². The lowest BCUT2D eigenvalue weighted by atomic mass is 9.65. The van der Waals surface area contributed by atoms with Crippen LogP contribution in [0, 0.1) is 18.3 Å². The number of hydrogen-bond acceptors (Lipinski definition) is 3. The minimum atomic E-state index is 0.249. The standard InChI is InChI=1S/C16H29ClN4/c1-5-21-14(15(17)11(2)20-21)10-13(19-18)12-8-6-7-9-16(12,3)4/h12-13,19H,5-10,18H2,1-4H3. The van der Waals surface area contributed by atoms with Crippen LogP contribution in [0.25, 0.3) is 0 Å². The van der Waals surface area contributed by atoms with Crippen molar-refractivity contribution in [3.63, 3.8) is 0 Å². The van der Waals surface area contributed by atoms with E-state index in [4.69, 9.17) is 17.4 Å². The number of hydrazine groups is 1. The lowest BCUT2D eigenvalue weighted by Crippen LogP contribution is -2.49. The molecule has 0 saturated heterocycles. The van der Waals surface area contributed by atoms with Crippen molar-refractivity contribution in [3.8, 4) is 0 Å². The van der Waals surface area contributed by atoms with Gasteiger partial charge in [-0.3, -0.25) is 16.0 Å². The normalized spacial score (nSPS) is 23.2. The molecule has 1 aliphatic rings. The summed E-state index contributed by atoms with van der Waals surface area (Å²) in [5.41, 5.74) is 5.41. The third-order valence-electron chi connectivity index (χ3n) is 5.16. The molecule has 0 spiro atoms. The Morgan fingerprint density at radius 1 is 1.48 bits per heavy atom. The third-order valence-corrected chi connectivity index (χ3v) is 5.65. The molecule has 1 aliphatic carbocycles. The Bertz CT molecular complexity index is 481. The largest absolute Gasteiger partial charge is 0.271 e. The van der Waals surface area contributed by atoms with E-state index in [9.17, 15) is 0 Å². The molecule has 2 rings (SSSR count). The van der Waals surface area contributed by atoms with Gasteiger partial charge < -0.3 is 0 Å². The molecule has 5 heteroatoms. The Kier molecular flexibility index (Phi) is 5.33. The molecule has 2 atom stereocenters. The van der Waals surface area contributed by atoms with Gasteiger partial charge in [0, 0.05) is 19.0 Å². The van der Waals surface area contributed by atoms with Gasteiger partial charge in [0.1, 0.15) is 0 Å². The van der Waals surface area contributed by atoms with E-state index in [1.165, 1.54) is 25.7 Å². The van der Waals surface area contributed by atoms with E-state index in [-0.39, 0.29) is 6.04 Å². The van der Waals surface area contributed by atoms with Gasteiger partial charge in [0.05, 0.1) is 16.4 Å². The first-order valence-electron chi connectivity index (χ1n) is 8.08. The highest BCUT2D eigenvalue weighted by atomic mass is 35.5. The first kappa shape index (κ1) is 16.8. The average molecular weight is 313 g/mol. The van der Waals surface area contributed by atoms with Crippen molar-refractivity contribution < 1.29 is 0 Å². The lowest BCUT2D eigenvalue weighted by molar-refractivity contribution is 0.0974. The maximum absolute atomic E-state index is 6.45. The van der Waals surface area contributed by atoms with Crippen molar-refractivity contribution in [3.05, 3.63) is 16.4 Å². The number of nitrogens with two attached hydrogens (primary N) is 1. The maximum Gasteiger partial charge on any atom is 0.0847 e. The summed E-state index contributed by atoms with van der Waals surface area (Å²) in [4.78, 5) is 0. The molecule has 120 valence electrons. The van der Waals surface area contributed by atoms with Gasteiger partial charge in [-0.15, -0.1) is 0 Å². The highest BCUT2D eigenvalue weighted by Crippen LogP contribution is 2.43. The Hall–Kier alpha value is -0.580. The van der Waals surface area contributed by atoms with Crippen molar-refractivity contribution in [1.29, 1.82) is 0 Å². The summed E-state index contributed by atoms with van der Waals surface area (Å²) < 4.78 is 2.01. The van der Waals surface area contributed by atoms with Gasteiger partial charge >= 0.3 is 0 Å². The molecule has 1 saturated carbocycles. The first-order valence-corrected chi connectivity index (χ1v) is 8.46. The zero-order valence-corrected chi connectivity index (χ0v) is 14.5. The fourth-order valence-electron chi connectivity index (χ4n) is 3.86. The Labute approximate surface area is 133 Å². The topological polar surface area (TPSA) is 55.9 Å². The van der Waals surface area contributed by atoms with Gasteiger partial charge in [0.25, 0.3) is 0 Å². The number of nitrogens with zero attached hydrogens (tertiary/aromatic N) is 2. The van der Waals surface area contributed by atoms with Gasteiger partial charge in [-0.2, -0.15) is 5.10 Å². The fourth-order valence-corrected chi connectivity index (χ4v) is 4.07. The maximum atomic E-state index is 6.45. The molecule has 0 aromatic carbocycles. The minimum Gasteiger partial charge on any atom is -0.271 e. The van der Waals surface area contributed by atoms with Gasteiger partial charge in [-0.1, -0.05) is 38.3 Å². The van der Waals surface area contributed by atoms with E-state index in [0.29, 0.717) is 11.3 Å². The second-order valence-electron chi connectivity index (χ2n) is 6.98. The smallest absolute Gasteiger partial charge is 0.0847 e. The summed E-state index contributed by atoms with van der Waals surface area (Å²) in [6, 6.07) is 0.249. The molecular formula is C16H29ClN4. The highest BCUT2D eigenvalue weighted by molar-refractivity contribution is 6.31. The van der Waals surface area contributed by atoms with E-state index in [1.807, 2.05) is 11.6 Å². The number of hydrogen-bond donors (Lipinski definition) is 2. The summed E-state index contributed by atoms with van der Waals surface area (Å²) in [5.74, 6) is 6.47. The molecule has 0 aliphatic heterocycles. The number of rotatable bonds is 5. The van der Waals surface area contributed by atoms with Gasteiger partial charge in [0.15, 0.2) is 0 Å². The molecule has 1 heterocycles. The Balaban J connectivity index is 2.23. The predicted octanol–water partition coefficient (Wildman–Crippen LogP) is 3.46. The Morgan fingerprint density at radius 2 is 2.19 bits per heavy atom. The monoisotopic (exact) mass is 312 g/mol. The molecule has 3 N–H and O–H groups in total. The Morgan fingerprint density at radius 3 is 2.76 bits per heavy atom. The van der Waals surface area contributed by atoms with Crippen LogP contribution in [0.3, 0.4) is 0 Å². The summed E-state index contributed by atoms with van der Waals surface area (Å²) in [6.45, 7) is 9.64. The summed E-state index contributed by atoms with van der Waals surface area (Å²) in [6.07, 6.45) is 5.98. The van der Waals surface area contributed by atoms with Crippen molar-refractivity contribution in [2.24, 2.45) is 17.2 Å². The molecule has 1 aromatic heterocycles. The summed E-state index contributed by atoms with van der Waals surface area (Å²) >= 11 is 6.45. The van der Waals surface area contributed by atoms with E-state index in [1.54, 1.807) is 0 Å². The van der Waals surface area contributed by atoms with Crippen LogP contribution in [0.1, 0.15) is 57.8 Å². The third kappa shape index (κ3) is 3.43. The molecule has 2 unspecified atom stereocenters. The van der Waals surface area contributed by atoms with Crippen LogP contribution in [-0.2, 0) is 13.0 Å². The minimum absolute atomic E-state index is 0.249. The number of aromatic nitrogens is 2. The molecule has 4 nitrogen and oxygen atoms in total. The van der Waals surface area contributed by atoms with Gasteiger partial charge in [0.2, 0.25) is 0 Å². The zero-order valence-electron chi connectivity index (χ0n) is 13.7. The summed E-state index contributed by atoms with van der Waals surface area (Å²) in [7, 11) is 0. The number of nitrogens with one attached hydrogen (secondary N) is 1. The van der Waals surface area contributed by atoms with Crippen LogP contribution in [0.5, 0.6) is 0 Å². The van der Waals surface area contributed by atoms with Crippen LogP contribution < -0.4 is 11.3 Å². The highest BCUT2D eigenvalue weighted by Gasteiger charge is 2.37. The molecule has 1 aromatic rings. The molecule has 0 bridgehead atoms. The van der Waals surface area contributed by atoms with Crippen LogP contribution in [0.15, 0.2) is 0 Å². The molecule has 1 fully saturated rings. The van der Waals surface area contributed by atoms with E-state index in [0.717, 1.165) is 29.4 Å².